The Morgan fingerprint density at radius 3 is 1.41 bits per heavy atom. The largest absolute Gasteiger partial charge is 0.456 e. The van der Waals surface area contributed by atoms with Crippen LogP contribution in [0.5, 0.6) is 0 Å². The smallest absolute Gasteiger partial charge is 0.164 e. The highest BCUT2D eigenvalue weighted by Crippen LogP contribution is 2.40. The molecule has 0 atom stereocenters. The van der Waals surface area contributed by atoms with E-state index in [1.54, 1.807) is 0 Å². The average molecular weight is 626 g/mol. The molecular formula is C45H27N3O. The highest BCUT2D eigenvalue weighted by atomic mass is 16.3. The molecule has 2 aromatic heterocycles. The maximum atomic E-state index is 6.55. The number of furan rings is 1. The lowest BCUT2D eigenvalue weighted by molar-refractivity contribution is 0.669. The maximum Gasteiger partial charge on any atom is 0.164 e. The van der Waals surface area contributed by atoms with E-state index < -0.39 is 0 Å². The Morgan fingerprint density at radius 1 is 0.306 bits per heavy atom. The molecule has 0 aliphatic heterocycles. The second-order valence-electron chi connectivity index (χ2n) is 12.4. The first-order chi connectivity index (χ1) is 24.3. The molecule has 0 aliphatic rings. The Hall–Kier alpha value is -6.65. The highest BCUT2D eigenvalue weighted by molar-refractivity contribution is 6.25. The van der Waals surface area contributed by atoms with Crippen LogP contribution in [0.4, 0.5) is 0 Å². The quantitative estimate of drug-likeness (QED) is 0.183. The standard InChI is InChI=1S/C45H27N3O/c1-3-12-28(13-4-1)43-46-44(29-14-5-2-6-15-29)48-45(47-43)38-20-11-21-40-42(38)37-25-23-31(27-41(37)49-40)30-22-24-36-34-18-8-7-16-32(34)33-17-9-10-19-35(33)39(36)26-30/h1-27H. The normalized spacial score (nSPS) is 11.7. The summed E-state index contributed by atoms with van der Waals surface area (Å²) >= 11 is 0. The van der Waals surface area contributed by atoms with Gasteiger partial charge in [0.15, 0.2) is 17.5 Å². The van der Waals surface area contributed by atoms with Crippen molar-refractivity contribution in [1.82, 2.24) is 15.0 Å². The van der Waals surface area contributed by atoms with Crippen LogP contribution in [0.15, 0.2) is 168 Å². The third-order valence-electron chi connectivity index (χ3n) is 9.51. The molecular weight excluding hydrogens is 599 g/mol. The van der Waals surface area contributed by atoms with Gasteiger partial charge in [-0.1, -0.05) is 140 Å². The molecule has 0 saturated carbocycles. The van der Waals surface area contributed by atoms with Crippen molar-refractivity contribution in [3.8, 4) is 45.3 Å². The second kappa shape index (κ2) is 11.0. The lowest BCUT2D eigenvalue weighted by Gasteiger charge is -2.12. The van der Waals surface area contributed by atoms with Crippen LogP contribution in [0.2, 0.25) is 0 Å². The summed E-state index contributed by atoms with van der Waals surface area (Å²) in [5.74, 6) is 1.88. The fourth-order valence-corrected chi connectivity index (χ4v) is 7.21. The minimum Gasteiger partial charge on any atom is -0.456 e. The number of benzene rings is 8. The third-order valence-corrected chi connectivity index (χ3v) is 9.51. The van der Waals surface area contributed by atoms with Crippen molar-refractivity contribution in [2.24, 2.45) is 0 Å². The minimum absolute atomic E-state index is 0.610. The SMILES string of the molecule is c1ccc(-c2nc(-c3ccccc3)nc(-c3cccc4oc5cc(-c6ccc7c8ccccc8c8ccccc8c7c6)ccc5c34)n2)cc1. The van der Waals surface area contributed by atoms with Crippen LogP contribution < -0.4 is 0 Å². The molecule has 0 aliphatic carbocycles. The Morgan fingerprint density at radius 2 is 0.796 bits per heavy atom. The summed E-state index contributed by atoms with van der Waals surface area (Å²) in [4.78, 5) is 14.9. The van der Waals surface area contributed by atoms with Gasteiger partial charge in [0, 0.05) is 27.5 Å². The molecule has 0 bridgehead atoms. The predicted octanol–water partition coefficient (Wildman–Crippen LogP) is 11.9. The van der Waals surface area contributed by atoms with E-state index >= 15 is 0 Å². The van der Waals surface area contributed by atoms with Gasteiger partial charge in [-0.15, -0.1) is 0 Å². The summed E-state index contributed by atoms with van der Waals surface area (Å²) in [6.07, 6.45) is 0. The van der Waals surface area contributed by atoms with E-state index in [2.05, 4.69) is 91.0 Å². The van der Waals surface area contributed by atoms with E-state index in [0.29, 0.717) is 17.5 Å². The monoisotopic (exact) mass is 625 g/mol. The molecule has 228 valence electrons. The van der Waals surface area contributed by atoms with Crippen molar-refractivity contribution in [3.63, 3.8) is 0 Å². The molecule has 10 aromatic rings. The Bertz CT molecular complexity index is 2780. The first kappa shape index (κ1) is 27.5. The zero-order valence-electron chi connectivity index (χ0n) is 26.3. The molecule has 0 spiro atoms. The average Bonchev–Trinajstić information content (AvgIpc) is 3.56. The number of hydrogen-bond donors (Lipinski definition) is 0. The molecule has 0 radical (unpaired) electrons. The highest BCUT2D eigenvalue weighted by Gasteiger charge is 2.18. The lowest BCUT2D eigenvalue weighted by Crippen LogP contribution is -2.00. The van der Waals surface area contributed by atoms with E-state index in [4.69, 9.17) is 19.4 Å². The molecule has 8 aromatic carbocycles. The number of nitrogens with zero attached hydrogens (tertiary/aromatic N) is 3. The van der Waals surface area contributed by atoms with Crippen molar-refractivity contribution in [3.05, 3.63) is 164 Å². The molecule has 0 saturated heterocycles. The Balaban J connectivity index is 1.14. The number of fused-ring (bicyclic) bond motifs is 9. The summed E-state index contributed by atoms with van der Waals surface area (Å²) in [5, 5.41) is 9.60. The van der Waals surface area contributed by atoms with Crippen molar-refractivity contribution in [2.45, 2.75) is 0 Å². The fourth-order valence-electron chi connectivity index (χ4n) is 7.21. The maximum absolute atomic E-state index is 6.55. The van der Waals surface area contributed by atoms with Crippen LogP contribution >= 0.6 is 0 Å². The number of hydrogen-bond acceptors (Lipinski definition) is 4. The molecule has 2 heterocycles. The van der Waals surface area contributed by atoms with Gasteiger partial charge in [-0.2, -0.15) is 0 Å². The molecule has 0 N–H and O–H groups in total. The zero-order chi connectivity index (χ0) is 32.3. The molecule has 0 amide bonds. The molecule has 10 rings (SSSR count). The zero-order valence-corrected chi connectivity index (χ0v) is 26.3. The summed E-state index contributed by atoms with van der Waals surface area (Å²) in [5.41, 5.74) is 6.65. The van der Waals surface area contributed by atoms with Gasteiger partial charge in [0.1, 0.15) is 11.2 Å². The summed E-state index contributed by atoms with van der Waals surface area (Å²) in [6, 6.07) is 56.9. The molecule has 0 fully saturated rings. The minimum atomic E-state index is 0.610. The van der Waals surface area contributed by atoms with Gasteiger partial charge in [-0.25, -0.2) is 15.0 Å². The van der Waals surface area contributed by atoms with Gasteiger partial charge < -0.3 is 4.42 Å². The first-order valence-electron chi connectivity index (χ1n) is 16.4. The van der Waals surface area contributed by atoms with Gasteiger partial charge in [-0.05, 0) is 67.7 Å². The Labute approximate surface area is 282 Å². The van der Waals surface area contributed by atoms with E-state index in [0.717, 1.165) is 49.8 Å². The summed E-state index contributed by atoms with van der Waals surface area (Å²) in [7, 11) is 0. The number of aromatic nitrogens is 3. The van der Waals surface area contributed by atoms with Gasteiger partial charge in [0.2, 0.25) is 0 Å². The van der Waals surface area contributed by atoms with Crippen LogP contribution in [0.1, 0.15) is 0 Å². The first-order valence-corrected chi connectivity index (χ1v) is 16.4. The van der Waals surface area contributed by atoms with Crippen molar-refractivity contribution < 1.29 is 4.42 Å². The van der Waals surface area contributed by atoms with Gasteiger partial charge in [-0.3, -0.25) is 0 Å². The van der Waals surface area contributed by atoms with E-state index in [1.165, 1.54) is 32.3 Å². The molecule has 4 heteroatoms. The van der Waals surface area contributed by atoms with Crippen LogP contribution in [0.25, 0.3) is 99.5 Å². The molecule has 49 heavy (non-hydrogen) atoms. The van der Waals surface area contributed by atoms with Crippen LogP contribution in [0, 0.1) is 0 Å². The Kier molecular flexibility index (Phi) is 6.15. The van der Waals surface area contributed by atoms with Crippen LogP contribution in [0.3, 0.4) is 0 Å². The van der Waals surface area contributed by atoms with Gasteiger partial charge in [0.25, 0.3) is 0 Å². The van der Waals surface area contributed by atoms with E-state index in [1.807, 2.05) is 72.8 Å². The number of rotatable bonds is 4. The molecule has 0 unspecified atom stereocenters. The topological polar surface area (TPSA) is 51.8 Å². The van der Waals surface area contributed by atoms with Gasteiger partial charge in [0.05, 0.1) is 0 Å². The van der Waals surface area contributed by atoms with Crippen molar-refractivity contribution >= 4 is 54.3 Å². The fraction of sp³-hybridized carbons (Fsp3) is 0. The van der Waals surface area contributed by atoms with E-state index in [-0.39, 0.29) is 0 Å². The second-order valence-corrected chi connectivity index (χ2v) is 12.4. The predicted molar refractivity (Wildman–Crippen MR) is 201 cm³/mol. The summed E-state index contributed by atoms with van der Waals surface area (Å²) < 4.78 is 6.55. The van der Waals surface area contributed by atoms with Crippen LogP contribution in [-0.2, 0) is 0 Å². The van der Waals surface area contributed by atoms with Crippen molar-refractivity contribution in [2.75, 3.05) is 0 Å². The van der Waals surface area contributed by atoms with E-state index in [9.17, 15) is 0 Å². The van der Waals surface area contributed by atoms with Crippen molar-refractivity contribution in [1.29, 1.82) is 0 Å². The van der Waals surface area contributed by atoms with Gasteiger partial charge >= 0.3 is 0 Å². The summed E-state index contributed by atoms with van der Waals surface area (Å²) in [6.45, 7) is 0. The van der Waals surface area contributed by atoms with Crippen LogP contribution in [-0.4, -0.2) is 15.0 Å². The molecule has 4 nitrogen and oxygen atoms in total. The lowest BCUT2D eigenvalue weighted by atomic mass is 9.92. The third kappa shape index (κ3) is 4.49.